The van der Waals surface area contributed by atoms with Crippen LogP contribution in [0.1, 0.15) is 28.8 Å². The van der Waals surface area contributed by atoms with Gasteiger partial charge < -0.3 is 26.0 Å². The smallest absolute Gasteiger partial charge is 0.416 e. The normalized spacial score (nSPS) is 17.1. The van der Waals surface area contributed by atoms with Crippen LogP contribution < -0.4 is 21.3 Å². The average Bonchev–Trinajstić information content (AvgIpc) is 3.08. The highest BCUT2D eigenvalue weighted by Gasteiger charge is 2.53. The van der Waals surface area contributed by atoms with Gasteiger partial charge in [-0.2, -0.15) is 13.2 Å². The van der Waals surface area contributed by atoms with Crippen LogP contribution in [0, 0.1) is 0 Å². The predicted molar refractivity (Wildman–Crippen MR) is 124 cm³/mol. The Kier molecular flexibility index (Phi) is 6.67. The first kappa shape index (κ1) is 25.7. The molecule has 4 rings (SSSR count). The fourth-order valence-corrected chi connectivity index (χ4v) is 4.35. The van der Waals surface area contributed by atoms with E-state index in [9.17, 15) is 32.3 Å². The van der Waals surface area contributed by atoms with Gasteiger partial charge in [-0.05, 0) is 43.2 Å². The number of amides is 4. The van der Waals surface area contributed by atoms with Crippen molar-refractivity contribution >= 4 is 41.0 Å². The van der Waals surface area contributed by atoms with Crippen LogP contribution in [0.15, 0.2) is 36.5 Å². The summed E-state index contributed by atoms with van der Waals surface area (Å²) in [5.41, 5.74) is 4.38. The number of benzene rings is 1. The number of nitrogen functional groups attached to an aromatic ring is 1. The van der Waals surface area contributed by atoms with Gasteiger partial charge >= 0.3 is 18.2 Å². The number of halogens is 3. The monoisotopic (exact) mass is 520 g/mol. The van der Waals surface area contributed by atoms with Crippen LogP contribution in [0.25, 0.3) is 0 Å². The lowest BCUT2D eigenvalue weighted by molar-refractivity contribution is -0.137. The molecule has 196 valence electrons. The lowest BCUT2D eigenvalue weighted by atomic mass is 9.87. The Bertz CT molecular complexity index is 1240. The minimum Gasteiger partial charge on any atom is -0.465 e. The zero-order chi connectivity index (χ0) is 27.0. The second-order valence-electron chi connectivity index (χ2n) is 8.60. The van der Waals surface area contributed by atoms with Gasteiger partial charge in [0.25, 0.3) is 5.91 Å². The summed E-state index contributed by atoms with van der Waals surface area (Å²) in [6.45, 7) is -0.0499. The largest absolute Gasteiger partial charge is 0.465 e. The number of pyridine rings is 1. The highest BCUT2D eigenvalue weighted by atomic mass is 19.4. The number of ether oxygens (including phenoxy) is 1. The first-order chi connectivity index (χ1) is 17.4. The van der Waals surface area contributed by atoms with Gasteiger partial charge in [0.1, 0.15) is 12.1 Å². The second-order valence-corrected chi connectivity index (χ2v) is 8.60. The molecule has 4 amide bonds. The molecule has 1 spiro atoms. The molecular formula is C23H23F3N6O5. The van der Waals surface area contributed by atoms with E-state index in [1.165, 1.54) is 19.4 Å². The van der Waals surface area contributed by atoms with Gasteiger partial charge in [0, 0.05) is 25.0 Å². The number of piperidine rings is 1. The maximum Gasteiger partial charge on any atom is 0.416 e. The number of imide groups is 1. The molecule has 4 N–H and O–H groups in total. The molecule has 2 aromatic rings. The van der Waals surface area contributed by atoms with E-state index in [-0.39, 0.29) is 42.9 Å². The summed E-state index contributed by atoms with van der Waals surface area (Å²) in [6, 6.07) is 4.48. The number of anilines is 3. The number of nitrogens with one attached hydrogen (secondary N) is 2. The fraction of sp³-hybridized carbons (Fsp3) is 0.348. The average molecular weight is 520 g/mol. The van der Waals surface area contributed by atoms with Crippen molar-refractivity contribution in [2.24, 2.45) is 0 Å². The van der Waals surface area contributed by atoms with E-state index in [1.807, 2.05) is 0 Å². The molecule has 2 saturated heterocycles. The highest BCUT2D eigenvalue weighted by Crippen LogP contribution is 2.34. The molecule has 2 aliphatic rings. The SMILES string of the molecule is COC(=O)c1ccnc(N2CCC3(CC2)NC(=O)N(CC(=O)Nc2ccc(C(F)(F)F)cc2)C3=O)c1N. The van der Waals surface area contributed by atoms with E-state index >= 15 is 0 Å². The number of methoxy groups -OCH3 is 1. The Labute approximate surface area is 208 Å². The molecule has 0 aliphatic carbocycles. The van der Waals surface area contributed by atoms with E-state index in [1.54, 1.807) is 4.90 Å². The molecule has 0 unspecified atom stereocenters. The third-order valence-electron chi connectivity index (χ3n) is 6.33. The van der Waals surface area contributed by atoms with Gasteiger partial charge in [-0.1, -0.05) is 0 Å². The van der Waals surface area contributed by atoms with Crippen molar-refractivity contribution in [1.82, 2.24) is 15.2 Å². The Morgan fingerprint density at radius 3 is 2.41 bits per heavy atom. The van der Waals surface area contributed by atoms with Crippen molar-refractivity contribution in [3.63, 3.8) is 0 Å². The number of alkyl halides is 3. The number of carbonyl (C=O) groups is 4. The van der Waals surface area contributed by atoms with Gasteiger partial charge in [-0.3, -0.25) is 14.5 Å². The Hall–Kier alpha value is -4.36. The van der Waals surface area contributed by atoms with Crippen LogP contribution in [0.4, 0.5) is 35.2 Å². The molecule has 37 heavy (non-hydrogen) atoms. The molecule has 0 bridgehead atoms. The summed E-state index contributed by atoms with van der Waals surface area (Å²) in [5, 5.41) is 5.05. The van der Waals surface area contributed by atoms with Crippen molar-refractivity contribution in [2.45, 2.75) is 24.6 Å². The van der Waals surface area contributed by atoms with Crippen molar-refractivity contribution in [3.05, 3.63) is 47.7 Å². The predicted octanol–water partition coefficient (Wildman–Crippen LogP) is 2.00. The molecule has 2 fully saturated rings. The highest BCUT2D eigenvalue weighted by molar-refractivity contribution is 6.10. The number of carbonyl (C=O) groups excluding carboxylic acids is 4. The molecular weight excluding hydrogens is 497 g/mol. The second kappa shape index (κ2) is 9.59. The molecule has 2 aliphatic heterocycles. The van der Waals surface area contributed by atoms with Crippen LogP contribution in [0.5, 0.6) is 0 Å². The molecule has 1 aromatic carbocycles. The van der Waals surface area contributed by atoms with Crippen LogP contribution in [0.3, 0.4) is 0 Å². The van der Waals surface area contributed by atoms with Crippen molar-refractivity contribution < 1.29 is 37.1 Å². The third-order valence-corrected chi connectivity index (χ3v) is 6.33. The Morgan fingerprint density at radius 2 is 1.81 bits per heavy atom. The maximum absolute atomic E-state index is 13.1. The van der Waals surface area contributed by atoms with Gasteiger partial charge in [-0.25, -0.2) is 14.6 Å². The molecule has 11 nitrogen and oxygen atoms in total. The van der Waals surface area contributed by atoms with Crippen LogP contribution >= 0.6 is 0 Å². The van der Waals surface area contributed by atoms with Crippen LogP contribution in [-0.2, 0) is 20.5 Å². The van der Waals surface area contributed by atoms with E-state index in [4.69, 9.17) is 10.5 Å². The number of nitrogens with two attached hydrogens (primary N) is 1. The van der Waals surface area contributed by atoms with Crippen LogP contribution in [-0.4, -0.2) is 66.0 Å². The number of rotatable bonds is 5. The van der Waals surface area contributed by atoms with E-state index in [0.717, 1.165) is 29.2 Å². The summed E-state index contributed by atoms with van der Waals surface area (Å²) in [4.78, 5) is 56.8. The number of esters is 1. The number of aromatic nitrogens is 1. The minimum absolute atomic E-state index is 0.0901. The number of hydrogen-bond donors (Lipinski definition) is 3. The topological polar surface area (TPSA) is 147 Å². The summed E-state index contributed by atoms with van der Waals surface area (Å²) >= 11 is 0. The molecule has 1 aromatic heterocycles. The van der Waals surface area contributed by atoms with Crippen molar-refractivity contribution in [2.75, 3.05) is 42.7 Å². The zero-order valence-corrected chi connectivity index (χ0v) is 19.6. The van der Waals surface area contributed by atoms with Crippen molar-refractivity contribution in [1.29, 1.82) is 0 Å². The first-order valence-electron chi connectivity index (χ1n) is 11.1. The van der Waals surface area contributed by atoms with E-state index in [2.05, 4.69) is 15.6 Å². The van der Waals surface area contributed by atoms with E-state index < -0.39 is 47.6 Å². The molecule has 14 heteroatoms. The number of hydrogen-bond acceptors (Lipinski definition) is 8. The van der Waals surface area contributed by atoms with Crippen LogP contribution in [0.2, 0.25) is 0 Å². The molecule has 0 saturated carbocycles. The Morgan fingerprint density at radius 1 is 1.16 bits per heavy atom. The summed E-state index contributed by atoms with van der Waals surface area (Å²) in [7, 11) is 1.23. The minimum atomic E-state index is -4.52. The van der Waals surface area contributed by atoms with E-state index in [0.29, 0.717) is 5.82 Å². The van der Waals surface area contributed by atoms with Crippen molar-refractivity contribution in [3.8, 4) is 0 Å². The van der Waals surface area contributed by atoms with Gasteiger partial charge in [0.2, 0.25) is 5.91 Å². The summed E-state index contributed by atoms with van der Waals surface area (Å²) in [5.74, 6) is -1.58. The number of urea groups is 1. The molecule has 0 radical (unpaired) electrons. The summed E-state index contributed by atoms with van der Waals surface area (Å²) in [6.07, 6.45) is -2.71. The number of nitrogens with zero attached hydrogens (tertiary/aromatic N) is 3. The van der Waals surface area contributed by atoms with Gasteiger partial charge in [0.15, 0.2) is 5.82 Å². The Balaban J connectivity index is 1.39. The quantitative estimate of drug-likeness (QED) is 0.401. The lowest BCUT2D eigenvalue weighted by Gasteiger charge is -2.38. The summed E-state index contributed by atoms with van der Waals surface area (Å²) < 4.78 is 42.9. The third kappa shape index (κ3) is 4.99. The standard InChI is InChI=1S/C23H23F3N6O5/c1-37-19(34)15-6-9-28-18(17(15)27)31-10-7-22(8-11-31)20(35)32(21(36)30-22)12-16(33)29-14-4-2-13(3-5-14)23(24,25)26/h2-6,9H,7-8,10-12,27H2,1H3,(H,29,33)(H,30,36). The van der Waals surface area contributed by atoms with Gasteiger partial charge in [0.05, 0.1) is 23.9 Å². The molecule has 0 atom stereocenters. The lowest BCUT2D eigenvalue weighted by Crippen LogP contribution is -2.55. The zero-order valence-electron chi connectivity index (χ0n) is 19.6. The fourth-order valence-electron chi connectivity index (χ4n) is 4.35. The first-order valence-corrected chi connectivity index (χ1v) is 11.1. The van der Waals surface area contributed by atoms with Gasteiger partial charge in [-0.15, -0.1) is 0 Å². The maximum atomic E-state index is 13.1. The molecule has 3 heterocycles.